The summed E-state index contributed by atoms with van der Waals surface area (Å²) in [6, 6.07) is 7.63. The summed E-state index contributed by atoms with van der Waals surface area (Å²) in [5.41, 5.74) is 0.181. The lowest BCUT2D eigenvalue weighted by Crippen LogP contribution is -3.00. The minimum absolute atomic E-state index is 0. The molecule has 0 aliphatic rings. The van der Waals surface area contributed by atoms with Crippen LogP contribution in [0.1, 0.15) is 0 Å². The van der Waals surface area contributed by atoms with E-state index < -0.39 is 6.30 Å². The van der Waals surface area contributed by atoms with E-state index in [1.807, 2.05) is 0 Å². The van der Waals surface area contributed by atoms with E-state index in [4.69, 9.17) is 0 Å². The number of nitrogens with two attached hydrogens (primary N) is 1. The van der Waals surface area contributed by atoms with Crippen molar-refractivity contribution in [2.24, 2.45) is 0 Å². The molecule has 1 rings (SSSR count). The van der Waals surface area contributed by atoms with Crippen molar-refractivity contribution in [1.29, 1.82) is 0 Å². The molecule has 1 aromatic rings. The van der Waals surface area contributed by atoms with Crippen molar-refractivity contribution in [2.45, 2.75) is 6.30 Å². The lowest BCUT2D eigenvalue weighted by atomic mass is 10.3. The van der Waals surface area contributed by atoms with Gasteiger partial charge in [-0.1, -0.05) is 18.2 Å². The van der Waals surface area contributed by atoms with E-state index in [1.54, 1.807) is 18.2 Å². The third-order valence-corrected chi connectivity index (χ3v) is 1.13. The van der Waals surface area contributed by atoms with Crippen LogP contribution in [0.5, 0.6) is 0 Å². The van der Waals surface area contributed by atoms with Gasteiger partial charge in [-0.2, -0.15) is 0 Å². The van der Waals surface area contributed by atoms with E-state index >= 15 is 0 Å². The summed E-state index contributed by atoms with van der Waals surface area (Å²) in [6.07, 6.45) is -4.22. The molecule has 1 aromatic carbocycles. The number of hydrogen-bond acceptors (Lipinski definition) is 0. The quantitative estimate of drug-likeness (QED) is 0.371. The van der Waals surface area contributed by atoms with E-state index in [0.717, 1.165) is 0 Å². The van der Waals surface area contributed by atoms with Gasteiger partial charge in [0.15, 0.2) is 0 Å². The summed E-state index contributed by atoms with van der Waals surface area (Å²) >= 11 is 0. The SMILES string of the molecule is FC(F)(F)[NH2+]c1ccccc1.[Cl-].[Cl-]. The summed E-state index contributed by atoms with van der Waals surface area (Å²) in [5.74, 6) is 0. The molecule has 0 aliphatic heterocycles. The van der Waals surface area contributed by atoms with Crippen LogP contribution in [0, 0.1) is 0 Å². The van der Waals surface area contributed by atoms with Crippen LogP contribution in [0.2, 0.25) is 0 Å². The molecule has 0 heterocycles. The zero-order chi connectivity index (χ0) is 8.32. The average molecular weight is 233 g/mol. The third-order valence-electron chi connectivity index (χ3n) is 1.13. The highest BCUT2D eigenvalue weighted by atomic mass is 35.5. The average Bonchev–Trinajstić information content (AvgIpc) is 1.85. The maximum atomic E-state index is 11.7. The van der Waals surface area contributed by atoms with Crippen LogP contribution in [-0.2, 0) is 0 Å². The second-order valence-electron chi connectivity index (χ2n) is 2.10. The largest absolute Gasteiger partial charge is 1.00 e. The summed E-state index contributed by atoms with van der Waals surface area (Å²) in [6.45, 7) is 0. The molecule has 2 N–H and O–H groups in total. The van der Waals surface area contributed by atoms with Gasteiger partial charge in [-0.15, -0.1) is 13.2 Å². The van der Waals surface area contributed by atoms with Crippen molar-refractivity contribution in [3.63, 3.8) is 0 Å². The Labute approximate surface area is 86.1 Å². The molecule has 0 radical (unpaired) electrons. The van der Waals surface area contributed by atoms with Gasteiger partial charge < -0.3 is 24.8 Å². The van der Waals surface area contributed by atoms with Crippen molar-refractivity contribution < 1.29 is 43.3 Å². The van der Waals surface area contributed by atoms with Crippen molar-refractivity contribution in [2.75, 3.05) is 0 Å². The zero-order valence-corrected chi connectivity index (χ0v) is 7.87. The van der Waals surface area contributed by atoms with Gasteiger partial charge in [0, 0.05) is 0 Å². The van der Waals surface area contributed by atoms with E-state index in [1.165, 1.54) is 12.1 Å². The predicted octanol–water partition coefficient (Wildman–Crippen LogP) is -4.59. The highest BCUT2D eigenvalue weighted by Gasteiger charge is 2.33. The van der Waals surface area contributed by atoms with Gasteiger partial charge in [0.25, 0.3) is 0 Å². The molecule has 6 heteroatoms. The number of rotatable bonds is 1. The Balaban J connectivity index is 0. The van der Waals surface area contributed by atoms with Gasteiger partial charge in [-0.25, -0.2) is 5.32 Å². The van der Waals surface area contributed by atoms with Crippen molar-refractivity contribution in [1.82, 2.24) is 0 Å². The third kappa shape index (κ3) is 6.69. The smallest absolute Gasteiger partial charge is 0.562 e. The summed E-state index contributed by atoms with van der Waals surface area (Å²) in [5, 5.41) is 0.271. The predicted molar refractivity (Wildman–Crippen MR) is 34.1 cm³/mol. The molecule has 1 nitrogen and oxygen atoms in total. The first-order valence-corrected chi connectivity index (χ1v) is 3.05. The topological polar surface area (TPSA) is 16.6 Å². The summed E-state index contributed by atoms with van der Waals surface area (Å²) in [4.78, 5) is 0. The molecule has 0 saturated carbocycles. The monoisotopic (exact) mass is 232 g/mol. The Morgan fingerprint density at radius 2 is 1.38 bits per heavy atom. The molecule has 0 fully saturated rings. The summed E-state index contributed by atoms with van der Waals surface area (Å²) in [7, 11) is 0. The molecular weight excluding hydrogens is 226 g/mol. The number of para-hydroxylation sites is 1. The fraction of sp³-hybridized carbons (Fsp3) is 0.143. The van der Waals surface area contributed by atoms with Crippen LogP contribution < -0.4 is 30.1 Å². The van der Waals surface area contributed by atoms with Gasteiger partial charge in [-0.05, 0) is 12.1 Å². The molecule has 0 unspecified atom stereocenters. The lowest BCUT2D eigenvalue weighted by molar-refractivity contribution is -0.754. The number of quaternary nitrogens is 1. The highest BCUT2D eigenvalue weighted by molar-refractivity contribution is 5.26. The Hall–Kier alpha value is -0.450. The standard InChI is InChI=1S/C7H6F3N.2ClH/c8-7(9,10)11-6-4-2-1-3-5-6;;/h1-5,11H;2*1H/p-1. The Morgan fingerprint density at radius 3 is 1.77 bits per heavy atom. The van der Waals surface area contributed by atoms with Crippen molar-refractivity contribution in [3.05, 3.63) is 30.3 Å². The molecule has 0 aliphatic carbocycles. The van der Waals surface area contributed by atoms with Gasteiger partial charge in [-0.3, -0.25) is 0 Å². The van der Waals surface area contributed by atoms with Crippen LogP contribution in [-0.4, -0.2) is 6.30 Å². The van der Waals surface area contributed by atoms with Crippen LogP contribution in [0.4, 0.5) is 18.9 Å². The fourth-order valence-electron chi connectivity index (χ4n) is 0.738. The lowest BCUT2D eigenvalue weighted by Gasteiger charge is -2.01. The Bertz CT molecular complexity index is 225. The van der Waals surface area contributed by atoms with Crippen LogP contribution in [0.25, 0.3) is 0 Å². The summed E-state index contributed by atoms with van der Waals surface area (Å²) < 4.78 is 35.1. The van der Waals surface area contributed by atoms with Crippen molar-refractivity contribution in [3.8, 4) is 0 Å². The van der Waals surface area contributed by atoms with Crippen LogP contribution in [0.3, 0.4) is 0 Å². The minimum Gasteiger partial charge on any atom is -1.00 e. The van der Waals surface area contributed by atoms with E-state index in [9.17, 15) is 13.2 Å². The van der Waals surface area contributed by atoms with Crippen molar-refractivity contribution >= 4 is 5.69 Å². The molecule has 76 valence electrons. The second-order valence-corrected chi connectivity index (χ2v) is 2.10. The Kier molecular flexibility index (Phi) is 7.03. The maximum Gasteiger partial charge on any atom is 0.562 e. The zero-order valence-electron chi connectivity index (χ0n) is 6.35. The first kappa shape index (κ1) is 15.0. The Morgan fingerprint density at radius 1 is 0.923 bits per heavy atom. The number of alkyl halides is 3. The molecule has 13 heavy (non-hydrogen) atoms. The van der Waals surface area contributed by atoms with Gasteiger partial charge in [0.05, 0.1) is 0 Å². The van der Waals surface area contributed by atoms with Crippen LogP contribution >= 0.6 is 0 Å². The molecule has 0 saturated heterocycles. The van der Waals surface area contributed by atoms with E-state index in [2.05, 4.69) is 0 Å². The molecule has 0 aromatic heterocycles. The van der Waals surface area contributed by atoms with Gasteiger partial charge in [0.1, 0.15) is 5.69 Å². The van der Waals surface area contributed by atoms with Gasteiger partial charge in [0.2, 0.25) is 0 Å². The number of benzene rings is 1. The molecule has 0 bridgehead atoms. The second kappa shape index (κ2) is 6.07. The number of halogens is 5. The molecule has 0 amide bonds. The van der Waals surface area contributed by atoms with Gasteiger partial charge >= 0.3 is 6.30 Å². The molecular formula is C7H7Cl2F3N-. The first-order valence-electron chi connectivity index (χ1n) is 3.05. The normalized spacial score (nSPS) is 9.77. The highest BCUT2D eigenvalue weighted by Crippen LogP contribution is 2.06. The van der Waals surface area contributed by atoms with E-state index in [0.29, 0.717) is 0 Å². The minimum atomic E-state index is -4.22. The molecule has 0 atom stereocenters. The van der Waals surface area contributed by atoms with E-state index in [-0.39, 0.29) is 35.8 Å². The first-order chi connectivity index (χ1) is 5.08. The maximum absolute atomic E-state index is 11.7. The number of hydrogen-bond donors (Lipinski definition) is 1. The fourth-order valence-corrected chi connectivity index (χ4v) is 0.738. The van der Waals surface area contributed by atoms with Crippen LogP contribution in [0.15, 0.2) is 30.3 Å². The molecule has 0 spiro atoms.